The van der Waals surface area contributed by atoms with Gasteiger partial charge in [0.2, 0.25) is 0 Å². The molecule has 2 N–H and O–H groups in total. The fraction of sp³-hybridized carbons (Fsp3) is 0.273. The molecule has 0 fully saturated rings. The van der Waals surface area contributed by atoms with Crippen LogP contribution in [-0.4, -0.2) is 23.0 Å². The average molecular weight is 274 g/mol. The summed E-state index contributed by atoms with van der Waals surface area (Å²) in [6, 6.07) is 2.25. The van der Waals surface area contributed by atoms with Gasteiger partial charge in [0.05, 0.1) is 9.21 Å². The van der Waals surface area contributed by atoms with E-state index in [0.29, 0.717) is 9.21 Å². The molecule has 0 radical (unpaired) electrons. The summed E-state index contributed by atoms with van der Waals surface area (Å²) >= 11 is 6.81. The van der Waals surface area contributed by atoms with Crippen molar-refractivity contribution in [2.45, 2.75) is 19.4 Å². The highest BCUT2D eigenvalue weighted by molar-refractivity contribution is 7.18. The number of halogens is 1. The molecule has 1 aromatic heterocycles. The number of amides is 1. The molecule has 1 aromatic rings. The first-order chi connectivity index (χ1) is 8.04. The van der Waals surface area contributed by atoms with Crippen molar-refractivity contribution < 1.29 is 14.7 Å². The van der Waals surface area contributed by atoms with Gasteiger partial charge >= 0.3 is 5.97 Å². The van der Waals surface area contributed by atoms with E-state index in [0.717, 1.165) is 11.3 Å². The normalized spacial score (nSPS) is 12.6. The van der Waals surface area contributed by atoms with E-state index in [1.807, 2.05) is 0 Å². The van der Waals surface area contributed by atoms with Crippen LogP contribution in [0.15, 0.2) is 24.3 Å². The van der Waals surface area contributed by atoms with Gasteiger partial charge in [-0.15, -0.1) is 11.3 Å². The molecule has 92 valence electrons. The average Bonchev–Trinajstić information content (AvgIpc) is 2.70. The molecular formula is C11H12ClNO3S. The lowest BCUT2D eigenvalue weighted by molar-refractivity contribution is -0.139. The third-order valence-electron chi connectivity index (χ3n) is 2.01. The number of nitrogens with one attached hydrogen (secondary N) is 1. The Morgan fingerprint density at radius 2 is 2.29 bits per heavy atom. The molecule has 6 heteroatoms. The van der Waals surface area contributed by atoms with Crippen LogP contribution in [0.2, 0.25) is 4.34 Å². The molecule has 1 rings (SSSR count). The first-order valence-electron chi connectivity index (χ1n) is 4.94. The van der Waals surface area contributed by atoms with Crippen LogP contribution in [0.5, 0.6) is 0 Å². The molecule has 0 saturated carbocycles. The molecular weight excluding hydrogens is 262 g/mol. The maximum atomic E-state index is 11.7. The van der Waals surface area contributed by atoms with Crippen molar-refractivity contribution in [2.24, 2.45) is 0 Å². The molecule has 17 heavy (non-hydrogen) atoms. The number of allylic oxidation sites excluding steroid dienone is 1. The van der Waals surface area contributed by atoms with E-state index in [2.05, 4.69) is 5.32 Å². The van der Waals surface area contributed by atoms with E-state index in [4.69, 9.17) is 16.7 Å². The summed E-state index contributed by atoms with van der Waals surface area (Å²) in [5, 5.41) is 11.4. The summed E-state index contributed by atoms with van der Waals surface area (Å²) in [5.74, 6) is -1.47. The van der Waals surface area contributed by atoms with Gasteiger partial charge < -0.3 is 10.4 Å². The third kappa shape index (κ3) is 4.20. The third-order valence-corrected chi connectivity index (χ3v) is 3.24. The summed E-state index contributed by atoms with van der Waals surface area (Å²) in [6.07, 6.45) is 3.70. The number of carboxylic acid groups (broad SMARTS) is 1. The van der Waals surface area contributed by atoms with Gasteiger partial charge in [-0.25, -0.2) is 4.79 Å². The van der Waals surface area contributed by atoms with Crippen LogP contribution < -0.4 is 5.32 Å². The van der Waals surface area contributed by atoms with Gasteiger partial charge in [-0.2, -0.15) is 0 Å². The van der Waals surface area contributed by atoms with E-state index in [9.17, 15) is 9.59 Å². The highest BCUT2D eigenvalue weighted by Gasteiger charge is 2.19. The smallest absolute Gasteiger partial charge is 0.326 e. The van der Waals surface area contributed by atoms with Crippen molar-refractivity contribution in [2.75, 3.05) is 0 Å². The first kappa shape index (κ1) is 13.7. The van der Waals surface area contributed by atoms with Crippen LogP contribution in [0.4, 0.5) is 0 Å². The summed E-state index contributed by atoms with van der Waals surface area (Å²) in [4.78, 5) is 23.0. The number of carboxylic acids is 1. The summed E-state index contributed by atoms with van der Waals surface area (Å²) in [6.45, 7) is 1.79. The Morgan fingerprint density at radius 1 is 1.59 bits per heavy atom. The van der Waals surface area contributed by atoms with Crippen LogP contribution in [0.3, 0.4) is 0 Å². The monoisotopic (exact) mass is 273 g/mol. The number of hydrogen-bond donors (Lipinski definition) is 2. The molecule has 0 aliphatic carbocycles. The van der Waals surface area contributed by atoms with Gasteiger partial charge in [0.25, 0.3) is 5.91 Å². The zero-order chi connectivity index (χ0) is 12.8. The van der Waals surface area contributed by atoms with Gasteiger partial charge in [0.1, 0.15) is 6.04 Å². The number of thiophene rings is 1. The van der Waals surface area contributed by atoms with Gasteiger partial charge in [-0.3, -0.25) is 4.79 Å². The predicted molar refractivity (Wildman–Crippen MR) is 67.7 cm³/mol. The molecule has 0 bridgehead atoms. The number of carbonyl (C=O) groups excluding carboxylic acids is 1. The van der Waals surface area contributed by atoms with Crippen LogP contribution in [-0.2, 0) is 4.79 Å². The molecule has 1 heterocycles. The van der Waals surface area contributed by atoms with Gasteiger partial charge in [0, 0.05) is 0 Å². The van der Waals surface area contributed by atoms with Crippen molar-refractivity contribution in [3.05, 3.63) is 33.5 Å². The quantitative estimate of drug-likeness (QED) is 0.810. The fourth-order valence-electron chi connectivity index (χ4n) is 1.16. The molecule has 0 spiro atoms. The maximum absolute atomic E-state index is 11.7. The minimum Gasteiger partial charge on any atom is -0.480 e. The first-order valence-corrected chi connectivity index (χ1v) is 6.14. The Morgan fingerprint density at radius 3 is 2.76 bits per heavy atom. The summed E-state index contributed by atoms with van der Waals surface area (Å²) in [5.41, 5.74) is 0. The van der Waals surface area contributed by atoms with Crippen molar-refractivity contribution in [3.63, 3.8) is 0 Å². The van der Waals surface area contributed by atoms with Crippen molar-refractivity contribution in [3.8, 4) is 0 Å². The van der Waals surface area contributed by atoms with Gasteiger partial charge in [-0.05, 0) is 25.5 Å². The Kier molecular flexibility index (Phi) is 5.18. The van der Waals surface area contributed by atoms with E-state index in [-0.39, 0.29) is 6.42 Å². The Hall–Kier alpha value is -1.33. The van der Waals surface area contributed by atoms with Crippen molar-refractivity contribution in [1.82, 2.24) is 5.32 Å². The largest absolute Gasteiger partial charge is 0.480 e. The van der Waals surface area contributed by atoms with E-state index in [1.165, 1.54) is 0 Å². The molecule has 0 saturated heterocycles. The topological polar surface area (TPSA) is 66.4 Å². The van der Waals surface area contributed by atoms with Crippen molar-refractivity contribution in [1.29, 1.82) is 0 Å². The molecule has 1 atom stereocenters. The number of rotatable bonds is 5. The number of hydrogen-bond acceptors (Lipinski definition) is 3. The lowest BCUT2D eigenvalue weighted by atomic mass is 10.2. The highest BCUT2D eigenvalue weighted by atomic mass is 35.5. The van der Waals surface area contributed by atoms with E-state index in [1.54, 1.807) is 31.2 Å². The molecule has 0 aromatic carbocycles. The van der Waals surface area contributed by atoms with E-state index >= 15 is 0 Å². The van der Waals surface area contributed by atoms with Crippen LogP contribution in [0.1, 0.15) is 23.0 Å². The Labute approximate surface area is 108 Å². The molecule has 4 nitrogen and oxygen atoms in total. The predicted octanol–water partition coefficient (Wildman–Crippen LogP) is 2.55. The molecule has 1 unspecified atom stereocenters. The second-order valence-corrected chi connectivity index (χ2v) is 4.99. The fourth-order valence-corrected chi connectivity index (χ4v) is 2.11. The lowest BCUT2D eigenvalue weighted by Crippen LogP contribution is -2.40. The SMILES string of the molecule is C/C=C/CC(NC(=O)c1ccc(Cl)s1)C(=O)O. The minimum absolute atomic E-state index is 0.261. The standard InChI is InChI=1S/C11H12ClNO3S/c1-2-3-4-7(11(15)16)13-10(14)8-5-6-9(12)17-8/h2-3,5-7H,4H2,1H3,(H,13,14)(H,15,16)/b3-2+. The number of carbonyl (C=O) groups is 2. The summed E-state index contributed by atoms with van der Waals surface area (Å²) < 4.78 is 0.496. The lowest BCUT2D eigenvalue weighted by Gasteiger charge is -2.11. The van der Waals surface area contributed by atoms with Crippen LogP contribution in [0, 0.1) is 0 Å². The van der Waals surface area contributed by atoms with Gasteiger partial charge in [0.15, 0.2) is 0 Å². The summed E-state index contributed by atoms with van der Waals surface area (Å²) in [7, 11) is 0. The Bertz CT molecular complexity index is 442. The minimum atomic E-state index is -1.06. The Balaban J connectivity index is 2.67. The zero-order valence-electron chi connectivity index (χ0n) is 9.14. The van der Waals surface area contributed by atoms with Crippen LogP contribution >= 0.6 is 22.9 Å². The molecule has 1 amide bonds. The van der Waals surface area contributed by atoms with E-state index < -0.39 is 17.9 Å². The second-order valence-electron chi connectivity index (χ2n) is 3.27. The zero-order valence-corrected chi connectivity index (χ0v) is 10.7. The molecule has 0 aliphatic heterocycles. The van der Waals surface area contributed by atoms with Crippen molar-refractivity contribution >= 4 is 34.8 Å². The molecule has 0 aliphatic rings. The van der Waals surface area contributed by atoms with Crippen LogP contribution in [0.25, 0.3) is 0 Å². The van der Waals surface area contributed by atoms with Gasteiger partial charge in [-0.1, -0.05) is 23.8 Å². The highest BCUT2D eigenvalue weighted by Crippen LogP contribution is 2.21. The maximum Gasteiger partial charge on any atom is 0.326 e. The second kappa shape index (κ2) is 6.42. The number of aliphatic carboxylic acids is 1.